The van der Waals surface area contributed by atoms with E-state index in [-0.39, 0.29) is 6.54 Å². The second kappa shape index (κ2) is 6.35. The Hall–Kier alpha value is -2.13. The molecule has 0 bridgehead atoms. The lowest BCUT2D eigenvalue weighted by Crippen LogP contribution is -2.19. The molecule has 2 rings (SSSR count). The second-order valence-electron chi connectivity index (χ2n) is 4.13. The first-order valence-electron chi connectivity index (χ1n) is 5.89. The second-order valence-corrected chi connectivity index (χ2v) is 5.05. The Morgan fingerprint density at radius 2 is 2.05 bits per heavy atom. The van der Waals surface area contributed by atoms with Gasteiger partial charge in [-0.05, 0) is 18.2 Å². The SMILES string of the molecule is COc1ccc(Br)cc1-c1cnc(N(C)CC#N)nc1. The number of ether oxygens (including phenoxy) is 1. The van der Waals surface area contributed by atoms with Crippen LogP contribution in [0.15, 0.2) is 35.1 Å². The number of halogens is 1. The number of methoxy groups -OCH3 is 1. The molecule has 1 aromatic heterocycles. The van der Waals surface area contributed by atoms with Crippen molar-refractivity contribution in [3.05, 3.63) is 35.1 Å². The van der Waals surface area contributed by atoms with Gasteiger partial charge in [-0.2, -0.15) is 5.26 Å². The molecular weight excluding hydrogens is 320 g/mol. The molecule has 0 spiro atoms. The van der Waals surface area contributed by atoms with Crippen molar-refractivity contribution in [2.24, 2.45) is 0 Å². The quantitative estimate of drug-likeness (QED) is 0.805. The van der Waals surface area contributed by atoms with Crippen LogP contribution in [0.3, 0.4) is 0 Å². The van der Waals surface area contributed by atoms with Crippen molar-refractivity contribution in [2.75, 3.05) is 25.6 Å². The third-order valence-corrected chi connectivity index (χ3v) is 3.25. The molecule has 20 heavy (non-hydrogen) atoms. The minimum Gasteiger partial charge on any atom is -0.496 e. The highest BCUT2D eigenvalue weighted by Crippen LogP contribution is 2.32. The van der Waals surface area contributed by atoms with Gasteiger partial charge in [-0.1, -0.05) is 15.9 Å². The zero-order valence-corrected chi connectivity index (χ0v) is 12.8. The van der Waals surface area contributed by atoms with Crippen molar-refractivity contribution in [1.82, 2.24) is 9.97 Å². The molecule has 0 radical (unpaired) electrons. The molecule has 6 heteroatoms. The van der Waals surface area contributed by atoms with Crippen LogP contribution in [-0.4, -0.2) is 30.7 Å². The Morgan fingerprint density at radius 1 is 1.35 bits per heavy atom. The van der Waals surface area contributed by atoms with E-state index in [0.29, 0.717) is 5.95 Å². The van der Waals surface area contributed by atoms with Crippen molar-refractivity contribution < 1.29 is 4.74 Å². The first-order chi connectivity index (χ1) is 9.65. The van der Waals surface area contributed by atoms with Gasteiger partial charge in [0.25, 0.3) is 0 Å². The molecule has 0 saturated carbocycles. The highest BCUT2D eigenvalue weighted by Gasteiger charge is 2.09. The fraction of sp³-hybridized carbons (Fsp3) is 0.214. The van der Waals surface area contributed by atoms with Gasteiger partial charge in [0.2, 0.25) is 5.95 Å². The summed E-state index contributed by atoms with van der Waals surface area (Å²) in [6.45, 7) is 0.250. The van der Waals surface area contributed by atoms with Crippen molar-refractivity contribution in [3.8, 4) is 22.9 Å². The number of benzene rings is 1. The van der Waals surface area contributed by atoms with E-state index in [2.05, 4.69) is 32.0 Å². The van der Waals surface area contributed by atoms with Crippen LogP contribution >= 0.6 is 15.9 Å². The summed E-state index contributed by atoms with van der Waals surface area (Å²) in [6.07, 6.45) is 3.45. The Kier molecular flexibility index (Phi) is 4.53. The van der Waals surface area contributed by atoms with Gasteiger partial charge in [-0.25, -0.2) is 9.97 Å². The normalized spacial score (nSPS) is 9.90. The highest BCUT2D eigenvalue weighted by atomic mass is 79.9. The first-order valence-corrected chi connectivity index (χ1v) is 6.69. The largest absolute Gasteiger partial charge is 0.496 e. The fourth-order valence-corrected chi connectivity index (χ4v) is 2.10. The van der Waals surface area contributed by atoms with Gasteiger partial charge in [0.15, 0.2) is 0 Å². The molecule has 0 unspecified atom stereocenters. The number of hydrogen-bond acceptors (Lipinski definition) is 5. The van der Waals surface area contributed by atoms with E-state index in [4.69, 9.17) is 10.00 Å². The predicted octanol–water partition coefficient (Wildman–Crippen LogP) is 2.87. The van der Waals surface area contributed by atoms with Crippen LogP contribution in [0.4, 0.5) is 5.95 Å². The molecule has 1 heterocycles. The molecule has 5 nitrogen and oxygen atoms in total. The van der Waals surface area contributed by atoms with Gasteiger partial charge in [0.05, 0.1) is 13.2 Å². The number of rotatable bonds is 4. The number of nitrogens with zero attached hydrogens (tertiary/aromatic N) is 4. The van der Waals surface area contributed by atoms with Gasteiger partial charge < -0.3 is 9.64 Å². The minimum atomic E-state index is 0.250. The van der Waals surface area contributed by atoms with E-state index >= 15 is 0 Å². The van der Waals surface area contributed by atoms with Gasteiger partial charge in [-0.3, -0.25) is 0 Å². The topological polar surface area (TPSA) is 62.0 Å². The molecular formula is C14H13BrN4O. The zero-order valence-electron chi connectivity index (χ0n) is 11.2. The number of nitriles is 1. The summed E-state index contributed by atoms with van der Waals surface area (Å²) in [6, 6.07) is 7.81. The van der Waals surface area contributed by atoms with Crippen molar-refractivity contribution in [2.45, 2.75) is 0 Å². The zero-order chi connectivity index (χ0) is 14.5. The average molecular weight is 333 g/mol. The monoisotopic (exact) mass is 332 g/mol. The van der Waals surface area contributed by atoms with Gasteiger partial charge in [-0.15, -0.1) is 0 Å². The lowest BCUT2D eigenvalue weighted by Gasteiger charge is -2.13. The third-order valence-electron chi connectivity index (χ3n) is 2.76. The Labute approximate surface area is 126 Å². The molecule has 2 aromatic rings. The Morgan fingerprint density at radius 3 is 2.65 bits per heavy atom. The highest BCUT2D eigenvalue weighted by molar-refractivity contribution is 9.10. The summed E-state index contributed by atoms with van der Waals surface area (Å²) in [5, 5.41) is 8.66. The summed E-state index contributed by atoms with van der Waals surface area (Å²) in [7, 11) is 3.40. The standard InChI is InChI=1S/C14H13BrN4O/c1-19(6-5-16)14-17-8-10(9-18-14)12-7-11(15)3-4-13(12)20-2/h3-4,7-9H,6H2,1-2H3. The summed E-state index contributed by atoms with van der Waals surface area (Å²) in [5.74, 6) is 1.28. The number of anilines is 1. The van der Waals surface area contributed by atoms with E-state index in [1.165, 1.54) is 0 Å². The first kappa shape index (κ1) is 14.3. The van der Waals surface area contributed by atoms with E-state index in [1.807, 2.05) is 18.2 Å². The van der Waals surface area contributed by atoms with Crippen molar-refractivity contribution in [1.29, 1.82) is 5.26 Å². The van der Waals surface area contributed by atoms with Crippen LogP contribution in [0, 0.1) is 11.3 Å². The maximum atomic E-state index is 8.66. The van der Waals surface area contributed by atoms with E-state index < -0.39 is 0 Å². The summed E-state index contributed by atoms with van der Waals surface area (Å²) in [4.78, 5) is 10.2. The molecule has 1 aromatic carbocycles. The fourth-order valence-electron chi connectivity index (χ4n) is 1.74. The van der Waals surface area contributed by atoms with E-state index in [9.17, 15) is 0 Å². The Bertz CT molecular complexity index is 637. The summed E-state index contributed by atoms with van der Waals surface area (Å²) >= 11 is 3.44. The van der Waals surface area contributed by atoms with Gasteiger partial charge in [0.1, 0.15) is 12.3 Å². The van der Waals surface area contributed by atoms with Crippen LogP contribution in [0.5, 0.6) is 5.75 Å². The minimum absolute atomic E-state index is 0.250. The van der Waals surface area contributed by atoms with Gasteiger partial charge >= 0.3 is 0 Å². The van der Waals surface area contributed by atoms with Crippen LogP contribution in [0.1, 0.15) is 0 Å². The van der Waals surface area contributed by atoms with Crippen LogP contribution in [-0.2, 0) is 0 Å². The molecule has 0 aliphatic heterocycles. The Balaban J connectivity index is 2.35. The maximum Gasteiger partial charge on any atom is 0.225 e. The lowest BCUT2D eigenvalue weighted by molar-refractivity contribution is 0.416. The molecule has 102 valence electrons. The summed E-state index contributed by atoms with van der Waals surface area (Å²) in [5.41, 5.74) is 1.77. The predicted molar refractivity (Wildman–Crippen MR) is 80.6 cm³/mol. The molecule has 0 aliphatic carbocycles. The average Bonchev–Trinajstić information content (AvgIpc) is 2.47. The number of hydrogen-bond donors (Lipinski definition) is 0. The van der Waals surface area contributed by atoms with E-state index in [0.717, 1.165) is 21.3 Å². The van der Waals surface area contributed by atoms with Gasteiger partial charge in [0, 0.05) is 35.0 Å². The van der Waals surface area contributed by atoms with E-state index in [1.54, 1.807) is 31.5 Å². The molecule has 0 amide bonds. The smallest absolute Gasteiger partial charge is 0.225 e. The van der Waals surface area contributed by atoms with Crippen LogP contribution in [0.2, 0.25) is 0 Å². The van der Waals surface area contributed by atoms with Crippen LogP contribution < -0.4 is 9.64 Å². The third kappa shape index (κ3) is 3.06. The summed E-state index contributed by atoms with van der Waals surface area (Å²) < 4.78 is 6.30. The number of aromatic nitrogens is 2. The maximum absolute atomic E-state index is 8.66. The van der Waals surface area contributed by atoms with Crippen molar-refractivity contribution in [3.63, 3.8) is 0 Å². The molecule has 0 aliphatic rings. The van der Waals surface area contributed by atoms with Crippen molar-refractivity contribution >= 4 is 21.9 Å². The molecule has 0 atom stereocenters. The lowest BCUT2D eigenvalue weighted by atomic mass is 10.1. The molecule has 0 N–H and O–H groups in total. The molecule has 0 fully saturated rings. The molecule has 0 saturated heterocycles. The van der Waals surface area contributed by atoms with Crippen LogP contribution in [0.25, 0.3) is 11.1 Å².